The van der Waals surface area contributed by atoms with Crippen molar-refractivity contribution in [2.75, 3.05) is 19.6 Å². The molecule has 0 radical (unpaired) electrons. The van der Waals surface area contributed by atoms with Crippen LogP contribution in [-0.4, -0.2) is 24.6 Å². The summed E-state index contributed by atoms with van der Waals surface area (Å²) in [6, 6.07) is 4.09. The molecule has 1 saturated heterocycles. The van der Waals surface area contributed by atoms with Gasteiger partial charge >= 0.3 is 0 Å². The van der Waals surface area contributed by atoms with Crippen LogP contribution in [0, 0.1) is 5.92 Å². The van der Waals surface area contributed by atoms with Crippen molar-refractivity contribution in [2.24, 2.45) is 5.92 Å². The summed E-state index contributed by atoms with van der Waals surface area (Å²) in [5, 5.41) is 6.93. The van der Waals surface area contributed by atoms with Gasteiger partial charge in [0.15, 0.2) is 0 Å². The third-order valence-electron chi connectivity index (χ3n) is 2.95. The van der Waals surface area contributed by atoms with Gasteiger partial charge in [0.2, 0.25) is 0 Å². The maximum Gasteiger partial charge on any atom is 0.106 e. The van der Waals surface area contributed by atoms with E-state index in [4.69, 9.17) is 0 Å². The quantitative estimate of drug-likeness (QED) is 0.830. The van der Waals surface area contributed by atoms with E-state index in [1.54, 1.807) is 0 Å². The van der Waals surface area contributed by atoms with E-state index in [-0.39, 0.29) is 0 Å². The first-order chi connectivity index (χ1) is 7.84. The van der Waals surface area contributed by atoms with Crippen LogP contribution < -0.4 is 10.6 Å². The van der Waals surface area contributed by atoms with Crippen LogP contribution >= 0.6 is 15.9 Å². The van der Waals surface area contributed by atoms with E-state index < -0.39 is 0 Å². The van der Waals surface area contributed by atoms with Crippen molar-refractivity contribution in [3.05, 3.63) is 28.5 Å². The Morgan fingerprint density at radius 3 is 3.12 bits per heavy atom. The molecule has 1 fully saturated rings. The molecule has 0 saturated carbocycles. The molecule has 0 aliphatic carbocycles. The number of rotatable bonds is 4. The zero-order valence-electron chi connectivity index (χ0n) is 9.38. The SMILES string of the molecule is Brc1ccc(CNC[C@@H]2CCCNC2)cn1. The molecule has 1 aliphatic heterocycles. The van der Waals surface area contributed by atoms with Gasteiger partial charge in [0.1, 0.15) is 4.60 Å². The Morgan fingerprint density at radius 2 is 2.44 bits per heavy atom. The first-order valence-corrected chi connectivity index (χ1v) is 6.66. The second-order valence-electron chi connectivity index (χ2n) is 4.33. The first kappa shape index (κ1) is 12.0. The van der Waals surface area contributed by atoms with Crippen molar-refractivity contribution in [3.63, 3.8) is 0 Å². The summed E-state index contributed by atoms with van der Waals surface area (Å²) in [4.78, 5) is 4.21. The molecule has 0 bridgehead atoms. The smallest absolute Gasteiger partial charge is 0.106 e. The molecule has 16 heavy (non-hydrogen) atoms. The molecule has 1 aromatic heterocycles. The molecule has 1 atom stereocenters. The minimum absolute atomic E-state index is 0.789. The van der Waals surface area contributed by atoms with Gasteiger partial charge in [-0.15, -0.1) is 0 Å². The molecule has 0 aromatic carbocycles. The number of pyridine rings is 1. The van der Waals surface area contributed by atoms with Gasteiger partial charge in [-0.25, -0.2) is 4.98 Å². The Bertz CT molecular complexity index is 307. The standard InChI is InChI=1S/C12H18BrN3/c13-12-4-3-11(9-16-12)8-15-7-10-2-1-5-14-6-10/h3-4,9-10,14-15H,1-2,5-8H2/t10-/m1/s1. The molecular weight excluding hydrogens is 266 g/mol. The summed E-state index contributed by atoms with van der Waals surface area (Å²) in [6.45, 7) is 4.36. The number of hydrogen-bond donors (Lipinski definition) is 2. The fourth-order valence-corrected chi connectivity index (χ4v) is 2.26. The molecule has 0 unspecified atom stereocenters. The predicted octanol–water partition coefficient (Wildman–Crippen LogP) is 1.93. The van der Waals surface area contributed by atoms with Gasteiger partial charge < -0.3 is 10.6 Å². The highest BCUT2D eigenvalue weighted by Crippen LogP contribution is 2.09. The van der Waals surface area contributed by atoms with Crippen LogP contribution in [-0.2, 0) is 6.54 Å². The summed E-state index contributed by atoms with van der Waals surface area (Å²) in [6.07, 6.45) is 4.57. The zero-order chi connectivity index (χ0) is 11.2. The highest BCUT2D eigenvalue weighted by Gasteiger charge is 2.11. The highest BCUT2D eigenvalue weighted by molar-refractivity contribution is 9.10. The van der Waals surface area contributed by atoms with Crippen LogP contribution in [0.2, 0.25) is 0 Å². The van der Waals surface area contributed by atoms with E-state index in [1.165, 1.54) is 24.9 Å². The number of nitrogens with zero attached hydrogens (tertiary/aromatic N) is 1. The highest BCUT2D eigenvalue weighted by atomic mass is 79.9. The lowest BCUT2D eigenvalue weighted by Gasteiger charge is -2.22. The van der Waals surface area contributed by atoms with E-state index >= 15 is 0 Å². The Morgan fingerprint density at radius 1 is 1.50 bits per heavy atom. The zero-order valence-corrected chi connectivity index (χ0v) is 11.0. The Balaban J connectivity index is 1.69. The Kier molecular flexibility index (Phi) is 4.75. The average Bonchev–Trinajstić information content (AvgIpc) is 2.33. The van der Waals surface area contributed by atoms with Gasteiger partial charge in [-0.3, -0.25) is 0 Å². The molecule has 2 N–H and O–H groups in total. The van der Waals surface area contributed by atoms with Gasteiger partial charge in [-0.05, 0) is 66.0 Å². The molecule has 0 amide bonds. The van der Waals surface area contributed by atoms with Crippen LogP contribution in [0.1, 0.15) is 18.4 Å². The largest absolute Gasteiger partial charge is 0.316 e. The van der Waals surface area contributed by atoms with Crippen LogP contribution in [0.15, 0.2) is 22.9 Å². The van der Waals surface area contributed by atoms with E-state index in [2.05, 4.69) is 37.6 Å². The molecule has 0 spiro atoms. The van der Waals surface area contributed by atoms with E-state index in [9.17, 15) is 0 Å². The second kappa shape index (κ2) is 6.33. The van der Waals surface area contributed by atoms with Crippen molar-refractivity contribution >= 4 is 15.9 Å². The number of piperidine rings is 1. The first-order valence-electron chi connectivity index (χ1n) is 5.86. The third kappa shape index (κ3) is 3.85. The fourth-order valence-electron chi connectivity index (χ4n) is 2.03. The number of halogens is 1. The molecule has 1 aromatic rings. The molecule has 88 valence electrons. The summed E-state index contributed by atoms with van der Waals surface area (Å²) in [5.74, 6) is 0.789. The van der Waals surface area contributed by atoms with Gasteiger partial charge in [-0.2, -0.15) is 0 Å². The maximum absolute atomic E-state index is 4.21. The minimum Gasteiger partial charge on any atom is -0.316 e. The monoisotopic (exact) mass is 283 g/mol. The van der Waals surface area contributed by atoms with E-state index in [0.717, 1.165) is 30.2 Å². The summed E-state index contributed by atoms with van der Waals surface area (Å²) in [5.41, 5.74) is 1.24. The van der Waals surface area contributed by atoms with Crippen molar-refractivity contribution in [1.29, 1.82) is 0 Å². The molecule has 2 heterocycles. The third-order valence-corrected chi connectivity index (χ3v) is 3.42. The lowest BCUT2D eigenvalue weighted by atomic mass is 10.00. The maximum atomic E-state index is 4.21. The summed E-state index contributed by atoms with van der Waals surface area (Å²) >= 11 is 3.34. The lowest BCUT2D eigenvalue weighted by Crippen LogP contribution is -2.35. The molecule has 1 aliphatic rings. The number of hydrogen-bond acceptors (Lipinski definition) is 3. The second-order valence-corrected chi connectivity index (χ2v) is 5.14. The Labute approximate surface area is 105 Å². The molecular formula is C12H18BrN3. The van der Waals surface area contributed by atoms with E-state index in [1.807, 2.05) is 12.3 Å². The van der Waals surface area contributed by atoms with Gasteiger partial charge in [0, 0.05) is 12.7 Å². The van der Waals surface area contributed by atoms with Crippen LogP contribution in [0.5, 0.6) is 0 Å². The number of nitrogens with one attached hydrogen (secondary N) is 2. The van der Waals surface area contributed by atoms with Crippen molar-refractivity contribution < 1.29 is 0 Å². The Hall–Kier alpha value is -0.450. The van der Waals surface area contributed by atoms with Crippen molar-refractivity contribution in [1.82, 2.24) is 15.6 Å². The van der Waals surface area contributed by atoms with Crippen molar-refractivity contribution in [2.45, 2.75) is 19.4 Å². The van der Waals surface area contributed by atoms with Crippen LogP contribution in [0.25, 0.3) is 0 Å². The van der Waals surface area contributed by atoms with Crippen LogP contribution in [0.4, 0.5) is 0 Å². The molecule has 3 nitrogen and oxygen atoms in total. The van der Waals surface area contributed by atoms with Crippen molar-refractivity contribution in [3.8, 4) is 0 Å². The lowest BCUT2D eigenvalue weighted by molar-refractivity contribution is 0.360. The normalized spacial score (nSPS) is 20.9. The predicted molar refractivity (Wildman–Crippen MR) is 69.2 cm³/mol. The summed E-state index contributed by atoms with van der Waals surface area (Å²) < 4.78 is 0.896. The van der Waals surface area contributed by atoms with Gasteiger partial charge in [0.05, 0.1) is 0 Å². The fraction of sp³-hybridized carbons (Fsp3) is 0.583. The van der Waals surface area contributed by atoms with Gasteiger partial charge in [-0.1, -0.05) is 6.07 Å². The van der Waals surface area contributed by atoms with Crippen LogP contribution in [0.3, 0.4) is 0 Å². The number of aromatic nitrogens is 1. The molecule has 2 rings (SSSR count). The van der Waals surface area contributed by atoms with Gasteiger partial charge in [0.25, 0.3) is 0 Å². The average molecular weight is 284 g/mol. The topological polar surface area (TPSA) is 37.0 Å². The summed E-state index contributed by atoms with van der Waals surface area (Å²) in [7, 11) is 0. The molecule has 4 heteroatoms. The minimum atomic E-state index is 0.789. The van der Waals surface area contributed by atoms with E-state index in [0.29, 0.717) is 0 Å².